The van der Waals surface area contributed by atoms with Crippen molar-refractivity contribution in [3.8, 4) is 5.69 Å². The number of carbonyl (C=O) groups is 1. The molecular weight excluding hydrogens is 202 g/mol. The van der Waals surface area contributed by atoms with Gasteiger partial charge in [-0.1, -0.05) is 17.7 Å². The summed E-state index contributed by atoms with van der Waals surface area (Å²) in [5.74, 6) is -0.900. The van der Waals surface area contributed by atoms with Gasteiger partial charge in [-0.15, -0.1) is 0 Å². The van der Waals surface area contributed by atoms with Crippen molar-refractivity contribution in [3.05, 3.63) is 53.3 Å². The van der Waals surface area contributed by atoms with Crippen molar-refractivity contribution in [3.63, 3.8) is 0 Å². The van der Waals surface area contributed by atoms with Gasteiger partial charge in [0.2, 0.25) is 0 Å². The summed E-state index contributed by atoms with van der Waals surface area (Å²) in [6.07, 6.45) is 3.39. The van der Waals surface area contributed by atoms with E-state index in [2.05, 4.69) is 6.07 Å². The van der Waals surface area contributed by atoms with Crippen LogP contribution < -0.4 is 0 Å². The van der Waals surface area contributed by atoms with Gasteiger partial charge in [-0.2, -0.15) is 0 Å². The van der Waals surface area contributed by atoms with Gasteiger partial charge in [0.25, 0.3) is 0 Å². The highest BCUT2D eigenvalue weighted by Gasteiger charge is 2.06. The summed E-state index contributed by atoms with van der Waals surface area (Å²) >= 11 is 0. The second-order valence-corrected chi connectivity index (χ2v) is 3.90. The van der Waals surface area contributed by atoms with Crippen molar-refractivity contribution in [2.75, 3.05) is 0 Å². The Morgan fingerprint density at radius 1 is 1.25 bits per heavy atom. The second kappa shape index (κ2) is 3.85. The van der Waals surface area contributed by atoms with Gasteiger partial charge in [-0.3, -0.25) is 0 Å². The normalized spacial score (nSPS) is 10.4. The Balaban J connectivity index is 2.46. The van der Waals surface area contributed by atoms with Gasteiger partial charge in [0, 0.05) is 18.1 Å². The van der Waals surface area contributed by atoms with Crippen LogP contribution in [0, 0.1) is 13.8 Å². The molecule has 0 unspecified atom stereocenters. The Hall–Kier alpha value is -2.03. The van der Waals surface area contributed by atoms with E-state index in [-0.39, 0.29) is 0 Å². The third-order valence-electron chi connectivity index (χ3n) is 2.57. The Kier molecular flexibility index (Phi) is 2.52. The van der Waals surface area contributed by atoms with Gasteiger partial charge in [0.15, 0.2) is 0 Å². The summed E-state index contributed by atoms with van der Waals surface area (Å²) in [6, 6.07) is 7.69. The van der Waals surface area contributed by atoms with Crippen LogP contribution in [0.25, 0.3) is 5.69 Å². The molecule has 82 valence electrons. The predicted octanol–water partition coefficient (Wildman–Crippen LogP) is 2.79. The molecule has 1 N–H and O–H groups in total. The number of hydrogen-bond donors (Lipinski definition) is 1. The minimum absolute atomic E-state index is 0.306. The number of carboxylic acid groups (broad SMARTS) is 1. The van der Waals surface area contributed by atoms with Crippen LogP contribution in [-0.4, -0.2) is 15.6 Å². The molecule has 0 aliphatic heterocycles. The highest BCUT2D eigenvalue weighted by atomic mass is 16.4. The lowest BCUT2D eigenvalue weighted by molar-refractivity contribution is 0.0697. The van der Waals surface area contributed by atoms with Crippen LogP contribution in [-0.2, 0) is 0 Å². The first-order valence-corrected chi connectivity index (χ1v) is 5.07. The fraction of sp³-hybridized carbons (Fsp3) is 0.154. The van der Waals surface area contributed by atoms with Gasteiger partial charge < -0.3 is 9.67 Å². The molecule has 0 aliphatic rings. The number of hydrogen-bond acceptors (Lipinski definition) is 1. The molecule has 0 fully saturated rings. The molecule has 0 aliphatic carbocycles. The van der Waals surface area contributed by atoms with E-state index >= 15 is 0 Å². The lowest BCUT2D eigenvalue weighted by Crippen LogP contribution is -1.96. The Morgan fingerprint density at radius 3 is 2.56 bits per heavy atom. The summed E-state index contributed by atoms with van der Waals surface area (Å²) < 4.78 is 1.83. The van der Waals surface area contributed by atoms with Gasteiger partial charge >= 0.3 is 5.97 Å². The standard InChI is InChI=1S/C13H13NO2/c1-9-3-4-12(10(2)7-9)14-6-5-11(8-14)13(15)16/h3-8H,1-2H3,(H,15,16). The van der Waals surface area contributed by atoms with Crippen LogP contribution >= 0.6 is 0 Å². The van der Waals surface area contributed by atoms with Crippen molar-refractivity contribution < 1.29 is 9.90 Å². The van der Waals surface area contributed by atoms with Crippen LogP contribution in [0.1, 0.15) is 21.5 Å². The highest BCUT2D eigenvalue weighted by molar-refractivity contribution is 5.87. The zero-order chi connectivity index (χ0) is 11.7. The van der Waals surface area contributed by atoms with Crippen molar-refractivity contribution in [2.24, 2.45) is 0 Å². The van der Waals surface area contributed by atoms with Crippen molar-refractivity contribution in [1.82, 2.24) is 4.57 Å². The van der Waals surface area contributed by atoms with E-state index in [9.17, 15) is 4.79 Å². The van der Waals surface area contributed by atoms with Crippen LogP contribution in [0.2, 0.25) is 0 Å². The summed E-state index contributed by atoms with van der Waals surface area (Å²) in [6.45, 7) is 4.05. The molecule has 2 aromatic rings. The fourth-order valence-corrected chi connectivity index (χ4v) is 1.77. The van der Waals surface area contributed by atoms with Gasteiger partial charge in [-0.05, 0) is 31.5 Å². The van der Waals surface area contributed by atoms with Crippen molar-refractivity contribution in [1.29, 1.82) is 0 Å². The maximum atomic E-state index is 10.8. The third-order valence-corrected chi connectivity index (χ3v) is 2.57. The Bertz CT molecular complexity index is 541. The number of carboxylic acids is 1. The first kappa shape index (κ1) is 10.5. The van der Waals surface area contributed by atoms with Crippen molar-refractivity contribution in [2.45, 2.75) is 13.8 Å². The molecule has 0 bridgehead atoms. The molecule has 3 heteroatoms. The molecule has 16 heavy (non-hydrogen) atoms. The molecule has 1 heterocycles. The molecule has 3 nitrogen and oxygen atoms in total. The number of nitrogens with zero attached hydrogens (tertiary/aromatic N) is 1. The molecule has 0 radical (unpaired) electrons. The minimum atomic E-state index is -0.900. The largest absolute Gasteiger partial charge is 0.478 e. The quantitative estimate of drug-likeness (QED) is 0.837. The number of aromatic carboxylic acids is 1. The van der Waals surface area contributed by atoms with E-state index in [1.807, 2.05) is 30.5 Å². The molecule has 0 amide bonds. The molecular formula is C13H13NO2. The molecule has 1 aromatic heterocycles. The number of aryl methyl sites for hydroxylation is 2. The summed E-state index contributed by atoms with van der Waals surface area (Å²) in [5.41, 5.74) is 3.65. The monoisotopic (exact) mass is 215 g/mol. The Morgan fingerprint density at radius 2 is 2.00 bits per heavy atom. The zero-order valence-corrected chi connectivity index (χ0v) is 9.27. The molecule has 0 spiro atoms. The highest BCUT2D eigenvalue weighted by Crippen LogP contribution is 2.16. The number of aromatic nitrogens is 1. The van der Waals surface area contributed by atoms with E-state index in [1.54, 1.807) is 18.5 Å². The smallest absolute Gasteiger partial charge is 0.337 e. The van der Waals surface area contributed by atoms with Crippen molar-refractivity contribution >= 4 is 5.97 Å². The lowest BCUT2D eigenvalue weighted by Gasteiger charge is -2.07. The first-order chi connectivity index (χ1) is 7.58. The molecule has 0 atom stereocenters. The first-order valence-electron chi connectivity index (χ1n) is 5.07. The minimum Gasteiger partial charge on any atom is -0.478 e. The molecule has 1 aromatic carbocycles. The third kappa shape index (κ3) is 1.84. The van der Waals surface area contributed by atoms with E-state index in [0.717, 1.165) is 11.3 Å². The zero-order valence-electron chi connectivity index (χ0n) is 9.27. The van der Waals surface area contributed by atoms with Gasteiger partial charge in [-0.25, -0.2) is 4.79 Å². The average molecular weight is 215 g/mol. The summed E-state index contributed by atoms with van der Waals surface area (Å²) in [4.78, 5) is 10.8. The van der Waals surface area contributed by atoms with E-state index in [1.165, 1.54) is 5.56 Å². The van der Waals surface area contributed by atoms with E-state index in [4.69, 9.17) is 5.11 Å². The topological polar surface area (TPSA) is 42.2 Å². The maximum Gasteiger partial charge on any atom is 0.337 e. The number of rotatable bonds is 2. The fourth-order valence-electron chi connectivity index (χ4n) is 1.77. The van der Waals surface area contributed by atoms with Crippen LogP contribution in [0.15, 0.2) is 36.7 Å². The van der Waals surface area contributed by atoms with Gasteiger partial charge in [0.1, 0.15) is 0 Å². The second-order valence-electron chi connectivity index (χ2n) is 3.90. The Labute approximate surface area is 94.0 Å². The summed E-state index contributed by atoms with van der Waals surface area (Å²) in [5, 5.41) is 8.85. The molecule has 2 rings (SSSR count). The summed E-state index contributed by atoms with van der Waals surface area (Å²) in [7, 11) is 0. The lowest BCUT2D eigenvalue weighted by atomic mass is 10.1. The average Bonchev–Trinajstić information content (AvgIpc) is 2.66. The molecule has 0 saturated heterocycles. The molecule has 0 saturated carbocycles. The van der Waals surface area contributed by atoms with Gasteiger partial charge in [0.05, 0.1) is 5.56 Å². The predicted molar refractivity (Wildman–Crippen MR) is 62.2 cm³/mol. The van der Waals surface area contributed by atoms with Crippen LogP contribution in [0.3, 0.4) is 0 Å². The van der Waals surface area contributed by atoms with E-state index in [0.29, 0.717) is 5.56 Å². The van der Waals surface area contributed by atoms with E-state index < -0.39 is 5.97 Å². The number of benzene rings is 1. The maximum absolute atomic E-state index is 10.8. The van der Waals surface area contributed by atoms with Crippen LogP contribution in [0.5, 0.6) is 0 Å². The SMILES string of the molecule is Cc1ccc(-n2ccc(C(=O)O)c2)c(C)c1. The van der Waals surface area contributed by atoms with Crippen LogP contribution in [0.4, 0.5) is 0 Å².